The first-order chi connectivity index (χ1) is 14.2. The lowest BCUT2D eigenvalue weighted by molar-refractivity contribution is -0.138. The number of carbonyl (C=O) groups is 1. The van der Waals surface area contributed by atoms with Crippen LogP contribution in [-0.4, -0.2) is 17.7 Å². The molecule has 1 aromatic rings. The van der Waals surface area contributed by atoms with E-state index < -0.39 is 5.97 Å². The molecule has 162 valence electrons. The van der Waals surface area contributed by atoms with Crippen LogP contribution in [0.2, 0.25) is 0 Å². The number of hydrogen-bond acceptors (Lipinski definition) is 2. The van der Waals surface area contributed by atoms with Gasteiger partial charge >= 0.3 is 5.97 Å². The summed E-state index contributed by atoms with van der Waals surface area (Å²) in [5.74, 6) is -0.464. The van der Waals surface area contributed by atoms with E-state index in [-0.39, 0.29) is 18.3 Å². The first-order valence-electron chi connectivity index (χ1n) is 11.3. The number of carboxylic acid groups (broad SMARTS) is 1. The van der Waals surface area contributed by atoms with E-state index in [0.717, 1.165) is 25.7 Å². The molecule has 3 nitrogen and oxygen atoms in total. The molecule has 0 fully saturated rings. The van der Waals surface area contributed by atoms with Gasteiger partial charge in [-0.15, -0.1) is 6.58 Å². The van der Waals surface area contributed by atoms with Crippen molar-refractivity contribution in [1.29, 1.82) is 0 Å². The number of hydrogen-bond donors (Lipinski definition) is 1. The van der Waals surface area contributed by atoms with Gasteiger partial charge in [0.25, 0.3) is 0 Å². The van der Waals surface area contributed by atoms with E-state index >= 15 is 0 Å². The fraction of sp³-hybridized carbons (Fsp3) is 0.577. The molecule has 1 aromatic carbocycles. The summed E-state index contributed by atoms with van der Waals surface area (Å²) in [6.45, 7) is 7.55. The predicted octanol–water partition coefficient (Wildman–Crippen LogP) is 7.18. The zero-order valence-electron chi connectivity index (χ0n) is 18.2. The Hall–Kier alpha value is -1.87. The Balaban J connectivity index is 2.31. The molecule has 1 rings (SSSR count). The average Bonchev–Trinajstić information content (AvgIpc) is 2.72. The van der Waals surface area contributed by atoms with Crippen LogP contribution < -0.4 is 0 Å². The first kappa shape index (κ1) is 25.2. The van der Waals surface area contributed by atoms with Crippen LogP contribution in [0, 0.1) is 11.8 Å². The monoisotopic (exact) mass is 400 g/mol. The van der Waals surface area contributed by atoms with Crippen molar-refractivity contribution in [3.05, 3.63) is 60.7 Å². The Morgan fingerprint density at radius 1 is 1.07 bits per heavy atom. The summed E-state index contributed by atoms with van der Waals surface area (Å²) < 4.78 is 5.71. The van der Waals surface area contributed by atoms with Gasteiger partial charge < -0.3 is 9.84 Å². The van der Waals surface area contributed by atoms with E-state index in [2.05, 4.69) is 37.8 Å². The minimum Gasteiger partial charge on any atom is -0.481 e. The van der Waals surface area contributed by atoms with Gasteiger partial charge in [0.05, 0.1) is 13.0 Å². The number of unbranched alkanes of at least 4 members (excludes halogenated alkanes) is 6. The fourth-order valence-electron chi connectivity index (χ4n) is 3.57. The van der Waals surface area contributed by atoms with Crippen LogP contribution in [0.1, 0.15) is 76.7 Å². The van der Waals surface area contributed by atoms with Crippen molar-refractivity contribution in [2.24, 2.45) is 11.8 Å². The molecular weight excluding hydrogens is 360 g/mol. The van der Waals surface area contributed by atoms with Crippen molar-refractivity contribution in [2.75, 3.05) is 6.61 Å². The molecule has 0 spiro atoms. The summed E-state index contributed by atoms with van der Waals surface area (Å²) in [5, 5.41) is 9.29. The molecule has 0 heterocycles. The zero-order chi connectivity index (χ0) is 21.2. The number of allylic oxidation sites excluding steroid dienone is 3. The van der Waals surface area contributed by atoms with E-state index in [9.17, 15) is 9.90 Å². The maximum atomic E-state index is 11.3. The summed E-state index contributed by atoms with van der Waals surface area (Å²) in [4.78, 5) is 11.3. The summed E-state index contributed by atoms with van der Waals surface area (Å²) in [6.07, 6.45) is 16.8. The van der Waals surface area contributed by atoms with Crippen LogP contribution in [0.3, 0.4) is 0 Å². The highest BCUT2D eigenvalue weighted by Crippen LogP contribution is 2.25. The molecule has 0 aliphatic carbocycles. The lowest BCUT2D eigenvalue weighted by Crippen LogP contribution is -2.15. The Morgan fingerprint density at radius 2 is 1.79 bits per heavy atom. The molecule has 0 saturated carbocycles. The van der Waals surface area contributed by atoms with Gasteiger partial charge in [-0.2, -0.15) is 0 Å². The number of ether oxygens (including phenoxy) is 1. The fourth-order valence-corrected chi connectivity index (χ4v) is 3.57. The average molecular weight is 401 g/mol. The highest BCUT2D eigenvalue weighted by molar-refractivity contribution is 5.67. The summed E-state index contributed by atoms with van der Waals surface area (Å²) in [7, 11) is 0. The number of carboxylic acids is 1. The van der Waals surface area contributed by atoms with Crippen molar-refractivity contribution in [1.82, 2.24) is 0 Å². The van der Waals surface area contributed by atoms with Crippen LogP contribution in [0.5, 0.6) is 0 Å². The van der Waals surface area contributed by atoms with Crippen molar-refractivity contribution in [3.8, 4) is 0 Å². The van der Waals surface area contributed by atoms with Crippen LogP contribution in [0.25, 0.3) is 0 Å². The van der Waals surface area contributed by atoms with Gasteiger partial charge in [0, 0.05) is 6.61 Å². The third kappa shape index (κ3) is 13.1. The second-order valence-corrected chi connectivity index (χ2v) is 7.83. The maximum absolute atomic E-state index is 11.3. The number of aliphatic carboxylic acids is 1. The van der Waals surface area contributed by atoms with E-state index in [1.54, 1.807) is 0 Å². The Bertz CT molecular complexity index is 565. The normalized spacial score (nSPS) is 13.4. The van der Waals surface area contributed by atoms with Gasteiger partial charge in [-0.1, -0.05) is 94.0 Å². The van der Waals surface area contributed by atoms with Crippen LogP contribution in [-0.2, 0) is 16.1 Å². The summed E-state index contributed by atoms with van der Waals surface area (Å²) >= 11 is 0. The van der Waals surface area contributed by atoms with Crippen LogP contribution >= 0.6 is 0 Å². The lowest BCUT2D eigenvalue weighted by atomic mass is 9.85. The SMILES string of the molecule is C=CC(CCCCCCCC)C(/C=C/CCCOCc1ccccc1)CC(=O)O. The van der Waals surface area contributed by atoms with Crippen molar-refractivity contribution in [2.45, 2.75) is 77.7 Å². The lowest BCUT2D eigenvalue weighted by Gasteiger charge is -2.20. The zero-order valence-corrected chi connectivity index (χ0v) is 18.2. The molecule has 0 aliphatic heterocycles. The molecule has 3 heteroatoms. The molecule has 0 radical (unpaired) electrons. The highest BCUT2D eigenvalue weighted by Gasteiger charge is 2.18. The van der Waals surface area contributed by atoms with E-state index in [0.29, 0.717) is 13.2 Å². The van der Waals surface area contributed by atoms with Gasteiger partial charge in [0.2, 0.25) is 0 Å². The molecule has 1 N–H and O–H groups in total. The van der Waals surface area contributed by atoms with Crippen molar-refractivity contribution in [3.63, 3.8) is 0 Å². The molecule has 0 bridgehead atoms. The predicted molar refractivity (Wildman–Crippen MR) is 122 cm³/mol. The van der Waals surface area contributed by atoms with Crippen molar-refractivity contribution < 1.29 is 14.6 Å². The quantitative estimate of drug-likeness (QED) is 0.210. The topological polar surface area (TPSA) is 46.5 Å². The molecule has 0 aromatic heterocycles. The van der Waals surface area contributed by atoms with Gasteiger partial charge in [-0.3, -0.25) is 4.79 Å². The van der Waals surface area contributed by atoms with Gasteiger partial charge in [-0.25, -0.2) is 0 Å². The number of benzene rings is 1. The van der Waals surface area contributed by atoms with E-state index in [4.69, 9.17) is 4.74 Å². The third-order valence-corrected chi connectivity index (χ3v) is 5.31. The highest BCUT2D eigenvalue weighted by atomic mass is 16.5. The Labute approximate surface area is 177 Å². The molecular formula is C26H40O3. The first-order valence-corrected chi connectivity index (χ1v) is 11.3. The number of rotatable bonds is 18. The minimum absolute atomic E-state index is 0.0332. The second kappa shape index (κ2) is 17.0. The standard InChI is InChI=1S/C26H40O3/c1-3-5-6-7-8-13-18-24(4-2)25(21-26(27)28)19-14-10-15-20-29-22-23-16-11-9-12-17-23/h4,9,11-12,14,16-17,19,24-25H,2-3,5-8,10,13,15,18,20-22H2,1H3,(H,27,28)/b19-14+. The smallest absolute Gasteiger partial charge is 0.303 e. The second-order valence-electron chi connectivity index (χ2n) is 7.83. The van der Waals surface area contributed by atoms with Crippen LogP contribution in [0.4, 0.5) is 0 Å². The molecule has 2 atom stereocenters. The minimum atomic E-state index is -0.736. The molecule has 0 amide bonds. The Morgan fingerprint density at radius 3 is 2.48 bits per heavy atom. The molecule has 29 heavy (non-hydrogen) atoms. The summed E-state index contributed by atoms with van der Waals surface area (Å²) in [6, 6.07) is 10.2. The van der Waals surface area contributed by atoms with Gasteiger partial charge in [0.15, 0.2) is 0 Å². The third-order valence-electron chi connectivity index (χ3n) is 5.31. The van der Waals surface area contributed by atoms with E-state index in [1.807, 2.05) is 24.3 Å². The molecule has 0 saturated heterocycles. The maximum Gasteiger partial charge on any atom is 0.303 e. The van der Waals surface area contributed by atoms with Crippen molar-refractivity contribution >= 4 is 5.97 Å². The van der Waals surface area contributed by atoms with E-state index in [1.165, 1.54) is 37.7 Å². The van der Waals surface area contributed by atoms with Gasteiger partial charge in [-0.05, 0) is 36.7 Å². The Kier molecular flexibility index (Phi) is 14.8. The van der Waals surface area contributed by atoms with Gasteiger partial charge in [0.1, 0.15) is 0 Å². The largest absolute Gasteiger partial charge is 0.481 e. The molecule has 2 unspecified atom stereocenters. The van der Waals surface area contributed by atoms with Crippen LogP contribution in [0.15, 0.2) is 55.1 Å². The molecule has 0 aliphatic rings. The summed E-state index contributed by atoms with van der Waals surface area (Å²) in [5.41, 5.74) is 1.19.